The lowest BCUT2D eigenvalue weighted by atomic mass is 9.87. The van der Waals surface area contributed by atoms with E-state index in [4.69, 9.17) is 5.14 Å². The molecule has 5 aromatic rings. The van der Waals surface area contributed by atoms with Crippen LogP contribution in [0, 0.1) is 0 Å². The Labute approximate surface area is 507 Å². The Morgan fingerprint density at radius 2 is 0.643 bits per heavy atom. The number of primary sulfonamides is 1. The molecule has 0 saturated carbocycles. The number of benzene rings is 5. The minimum atomic E-state index is -3.57. The van der Waals surface area contributed by atoms with Crippen LogP contribution in [-0.4, -0.2) is 140 Å². The zero-order chi connectivity index (χ0) is 64.3. The van der Waals surface area contributed by atoms with E-state index in [1.165, 1.54) is 37.6 Å². The van der Waals surface area contributed by atoms with Gasteiger partial charge >= 0.3 is 0 Å². The summed E-state index contributed by atoms with van der Waals surface area (Å²) in [5.74, 6) is 0. The maximum atomic E-state index is 12.6. The largest absolute Gasteiger partial charge is 0.314 e. The van der Waals surface area contributed by atoms with Crippen molar-refractivity contribution in [2.24, 2.45) is 5.14 Å². The van der Waals surface area contributed by atoms with Gasteiger partial charge < -0.3 is 10.2 Å². The molecule has 0 bridgehead atoms. The molecule has 2 aliphatic rings. The zero-order valence-electron chi connectivity index (χ0n) is 53.2. The van der Waals surface area contributed by atoms with Gasteiger partial charge in [-0.15, -0.1) is 0 Å². The second kappa shape index (κ2) is 29.1. The highest BCUT2D eigenvalue weighted by Crippen LogP contribution is 2.29. The van der Waals surface area contributed by atoms with Gasteiger partial charge in [-0.05, 0) is 130 Å². The van der Waals surface area contributed by atoms with Crippen LogP contribution in [0.15, 0.2) is 146 Å². The predicted molar refractivity (Wildman–Crippen MR) is 342 cm³/mol. The van der Waals surface area contributed by atoms with Gasteiger partial charge in [0, 0.05) is 66.5 Å². The Morgan fingerprint density at radius 1 is 0.393 bits per heavy atom. The summed E-state index contributed by atoms with van der Waals surface area (Å²) in [5, 5.41) is 8.15. The van der Waals surface area contributed by atoms with E-state index in [2.05, 4.69) is 119 Å². The summed E-state index contributed by atoms with van der Waals surface area (Å²) >= 11 is 0. The van der Waals surface area contributed by atoms with Crippen molar-refractivity contribution in [3.8, 4) is 0 Å². The number of hydrogen-bond donors (Lipinski definition) is 3. The van der Waals surface area contributed by atoms with E-state index in [0.717, 1.165) is 54.0 Å². The van der Waals surface area contributed by atoms with E-state index in [-0.39, 0.29) is 32.0 Å². The van der Waals surface area contributed by atoms with Crippen LogP contribution in [0.5, 0.6) is 0 Å². The number of rotatable bonds is 9. The van der Waals surface area contributed by atoms with Crippen molar-refractivity contribution in [2.75, 3.05) is 80.5 Å². The van der Waals surface area contributed by atoms with E-state index < -0.39 is 50.1 Å². The lowest BCUT2D eigenvalue weighted by molar-refractivity contribution is 0.222. The lowest BCUT2D eigenvalue weighted by Crippen LogP contribution is -2.47. The molecule has 0 aliphatic carbocycles. The van der Waals surface area contributed by atoms with E-state index in [1.54, 1.807) is 69.3 Å². The maximum absolute atomic E-state index is 12.6. The first-order valence-corrected chi connectivity index (χ1v) is 35.3. The number of nitrogens with zero attached hydrogens (tertiary/aromatic N) is 4. The highest BCUT2D eigenvalue weighted by atomic mass is 32.2. The molecule has 0 radical (unpaired) electrons. The molecule has 0 amide bonds. The zero-order valence-corrected chi connectivity index (χ0v) is 57.3. The van der Waals surface area contributed by atoms with Crippen molar-refractivity contribution < 1.29 is 42.1 Å². The van der Waals surface area contributed by atoms with Crippen molar-refractivity contribution in [3.63, 3.8) is 0 Å². The fourth-order valence-corrected chi connectivity index (χ4v) is 13.2. The Kier molecular flexibility index (Phi) is 25.5. The summed E-state index contributed by atoms with van der Waals surface area (Å²) in [6, 6.07) is 35.3. The van der Waals surface area contributed by atoms with Crippen LogP contribution in [0.3, 0.4) is 0 Å². The molecule has 17 nitrogen and oxygen atoms in total. The van der Waals surface area contributed by atoms with Crippen LogP contribution in [-0.2, 0) is 77.2 Å². The summed E-state index contributed by atoms with van der Waals surface area (Å²) in [6.07, 6.45) is 0. The van der Waals surface area contributed by atoms with Gasteiger partial charge in [0.1, 0.15) is 0 Å². The quantitative estimate of drug-likeness (QED) is 0.125. The monoisotopic (exact) mass is 1260 g/mol. The number of nitrogens with one attached hydrogen (secondary N) is 2. The van der Waals surface area contributed by atoms with E-state index in [1.807, 2.05) is 55.6 Å². The molecule has 0 aromatic heterocycles. The molecule has 84 heavy (non-hydrogen) atoms. The predicted octanol–water partition coefficient (Wildman–Crippen LogP) is 9.26. The molecule has 4 N–H and O–H groups in total. The molecule has 2 fully saturated rings. The van der Waals surface area contributed by atoms with Crippen molar-refractivity contribution in [3.05, 3.63) is 149 Å². The minimum absolute atomic E-state index is 0.0247. The van der Waals surface area contributed by atoms with Crippen LogP contribution in [0.1, 0.15) is 132 Å². The Bertz CT molecular complexity index is 3460. The van der Waals surface area contributed by atoms with Gasteiger partial charge in [-0.2, -0.15) is 8.61 Å². The molecular weight excluding hydrogens is 1160 g/mol. The first-order chi connectivity index (χ1) is 38.2. The average Bonchev–Trinajstić information content (AvgIpc) is 3.60. The van der Waals surface area contributed by atoms with Crippen molar-refractivity contribution in [1.82, 2.24) is 27.9 Å². The highest BCUT2D eigenvalue weighted by molar-refractivity contribution is 7.90. The summed E-state index contributed by atoms with van der Waals surface area (Å²) in [7, 11) is -10.4. The lowest BCUT2D eigenvalue weighted by Gasteiger charge is -2.31. The third kappa shape index (κ3) is 21.8. The average molecular weight is 1260 g/mol. The van der Waals surface area contributed by atoms with Crippen LogP contribution >= 0.6 is 0 Å². The Balaban J connectivity index is 0.000000277. The van der Waals surface area contributed by atoms with Gasteiger partial charge in [-0.1, -0.05) is 165 Å². The first kappa shape index (κ1) is 73.8. The van der Waals surface area contributed by atoms with Crippen molar-refractivity contribution >= 4 is 50.1 Å². The summed E-state index contributed by atoms with van der Waals surface area (Å²) in [6.45, 7) is 36.8. The number of nitrogens with two attached hydrogens (primary N) is 1. The molecular formula is C62H97N7O10S5. The van der Waals surface area contributed by atoms with Gasteiger partial charge in [-0.25, -0.2) is 56.3 Å². The second-order valence-corrected chi connectivity index (χ2v) is 35.7. The third-order valence-corrected chi connectivity index (χ3v) is 22.1. The van der Waals surface area contributed by atoms with Crippen molar-refractivity contribution in [2.45, 2.75) is 155 Å². The Morgan fingerprint density at radius 3 is 0.893 bits per heavy atom. The number of piperazine rings is 2. The van der Waals surface area contributed by atoms with Gasteiger partial charge in [0.25, 0.3) is 0 Å². The number of hydrogen-bond acceptors (Lipinski definition) is 12. The summed E-state index contributed by atoms with van der Waals surface area (Å²) in [4.78, 5) is 3.74. The number of likely N-dealkylation sites (N-methyl/N-ethyl adjacent to an activating group) is 1. The highest BCUT2D eigenvalue weighted by Gasteiger charge is 2.29. The standard InChI is InChI=1S/C15H24N2O2S.C14H22N2O2S.C12H19NO2S.C11H17NO2S.C10H15NO2S/c1-15(2,3)13-5-7-14(8-6-13)20(18,19)17-11-9-16(4)10-12-17;1-14(2,3)12-4-6-13(7-5-12)19(17,18)16-10-8-15-9-11-16;1-12(2,3)10-6-8-11(9-7-10)16(14,15)13(4)5;1-11(2,3)9-5-7-10(8-6-9)15(13,14)12-4;1-10(2,3)8-4-6-9(7-5-8)14(11,12)13/h5-8H,9-12H2,1-4H3;4-7,15H,8-11H2,1-3H3;6-9H,1-5H3;5-8,12H,1-4H3;4-7H,1-3H3,(H2,11,12,13). The van der Waals surface area contributed by atoms with Crippen LogP contribution < -0.4 is 15.2 Å². The van der Waals surface area contributed by atoms with Crippen LogP contribution in [0.25, 0.3) is 0 Å². The third-order valence-electron chi connectivity index (χ3n) is 14.1. The topological polar surface area (TPSA) is 234 Å². The summed E-state index contributed by atoms with van der Waals surface area (Å²) < 4.78 is 125. The molecule has 0 spiro atoms. The SMILES string of the molecule is CC(C)(C)c1ccc(S(=O)(=O)N2CCNCC2)cc1.CC(C)(C)c1ccc(S(N)(=O)=O)cc1.CN(C)S(=O)(=O)c1ccc(C(C)(C)C)cc1.CN1CCN(S(=O)(=O)c2ccc(C(C)(C)C)cc2)CC1.CNS(=O)(=O)c1ccc(C(C)(C)C)cc1. The molecule has 2 saturated heterocycles. The molecule has 470 valence electrons. The molecule has 7 rings (SSSR count). The van der Waals surface area contributed by atoms with E-state index >= 15 is 0 Å². The smallest absolute Gasteiger partial charge is 0.243 e. The minimum Gasteiger partial charge on any atom is -0.314 e. The Hall–Kier alpha value is -4.43. The van der Waals surface area contributed by atoms with Gasteiger partial charge in [-0.3, -0.25) is 0 Å². The molecule has 0 unspecified atom stereocenters. The van der Waals surface area contributed by atoms with Gasteiger partial charge in [0.05, 0.1) is 24.5 Å². The molecule has 5 aromatic carbocycles. The molecule has 2 heterocycles. The van der Waals surface area contributed by atoms with Gasteiger partial charge in [0.2, 0.25) is 50.1 Å². The molecule has 0 atom stereocenters. The van der Waals surface area contributed by atoms with E-state index in [0.29, 0.717) is 45.8 Å². The van der Waals surface area contributed by atoms with E-state index in [9.17, 15) is 42.1 Å². The van der Waals surface area contributed by atoms with Gasteiger partial charge in [0.15, 0.2) is 0 Å². The second-order valence-electron chi connectivity index (χ2n) is 26.3. The molecule has 22 heteroatoms. The summed E-state index contributed by atoms with van der Waals surface area (Å²) in [5.41, 5.74) is 5.82. The first-order valence-electron chi connectivity index (χ1n) is 28.0. The normalized spacial score (nSPS) is 15.7. The number of sulfonamides is 5. The molecule has 2 aliphatic heterocycles. The fraction of sp³-hybridized carbons (Fsp3) is 0.516. The van der Waals surface area contributed by atoms with Crippen LogP contribution in [0.2, 0.25) is 0 Å². The fourth-order valence-electron chi connectivity index (χ4n) is 8.20. The van der Waals surface area contributed by atoms with Crippen molar-refractivity contribution in [1.29, 1.82) is 0 Å². The van der Waals surface area contributed by atoms with Crippen LogP contribution in [0.4, 0.5) is 0 Å². The maximum Gasteiger partial charge on any atom is 0.243 e.